The molecule has 1 saturated carbocycles. The fourth-order valence-corrected chi connectivity index (χ4v) is 4.59. The number of hydrogen-bond donors (Lipinski definition) is 1. The lowest BCUT2D eigenvalue weighted by molar-refractivity contribution is 0.205. The van der Waals surface area contributed by atoms with Crippen LogP contribution in [0.5, 0.6) is 0 Å². The quantitative estimate of drug-likeness (QED) is 0.899. The van der Waals surface area contributed by atoms with Crippen LogP contribution >= 0.6 is 0 Å². The third kappa shape index (κ3) is 3.76. The third-order valence-corrected chi connectivity index (χ3v) is 6.01. The van der Waals surface area contributed by atoms with Crippen molar-refractivity contribution in [3.8, 4) is 0 Å². The van der Waals surface area contributed by atoms with Crippen molar-refractivity contribution in [3.05, 3.63) is 41.0 Å². The van der Waals surface area contributed by atoms with Crippen molar-refractivity contribution >= 4 is 0 Å². The van der Waals surface area contributed by atoms with Gasteiger partial charge in [0.05, 0.1) is 23.1 Å². The van der Waals surface area contributed by atoms with Crippen LogP contribution < -0.4 is 0 Å². The molecule has 0 aromatic carbocycles. The van der Waals surface area contributed by atoms with E-state index in [0.29, 0.717) is 6.04 Å². The maximum atomic E-state index is 4.68. The summed E-state index contributed by atoms with van der Waals surface area (Å²) in [5, 5.41) is 11.8. The Kier molecular flexibility index (Phi) is 5.11. The minimum Gasteiger partial charge on any atom is -0.292 e. The number of nitrogens with zero attached hydrogens (tertiary/aromatic N) is 4. The number of aryl methyl sites for hydroxylation is 1. The van der Waals surface area contributed by atoms with Gasteiger partial charge in [0.25, 0.3) is 0 Å². The summed E-state index contributed by atoms with van der Waals surface area (Å²) in [6, 6.07) is 4.68. The van der Waals surface area contributed by atoms with E-state index in [1.807, 2.05) is 6.20 Å². The lowest BCUT2D eigenvalue weighted by atomic mass is 9.86. The maximum absolute atomic E-state index is 4.68. The van der Waals surface area contributed by atoms with Crippen molar-refractivity contribution in [2.24, 2.45) is 5.92 Å². The standard InChI is InChI=1S/C20H29N5/c1-25(19-11-5-9-16-10-6-12-21-20(16)19)14-18-17(22-24-23-18)13-15-7-3-2-4-8-15/h6,10,12,15,19H,2-5,7-9,11,13-14H2,1H3,(H,22,23,24). The summed E-state index contributed by atoms with van der Waals surface area (Å²) in [6.45, 7) is 0.846. The maximum Gasteiger partial charge on any atom is 0.0996 e. The van der Waals surface area contributed by atoms with E-state index in [9.17, 15) is 0 Å². The van der Waals surface area contributed by atoms with Gasteiger partial charge in [-0.2, -0.15) is 15.4 Å². The van der Waals surface area contributed by atoms with Gasteiger partial charge >= 0.3 is 0 Å². The molecular weight excluding hydrogens is 310 g/mol. The SMILES string of the molecule is CN(Cc1n[nH]nc1CC1CCCCC1)C1CCCc2cccnc21. The van der Waals surface area contributed by atoms with Crippen molar-refractivity contribution < 1.29 is 0 Å². The van der Waals surface area contributed by atoms with Crippen LogP contribution in [0.3, 0.4) is 0 Å². The zero-order valence-electron chi connectivity index (χ0n) is 15.2. The first-order valence-electron chi connectivity index (χ1n) is 9.84. The normalized spacial score (nSPS) is 21.4. The first-order valence-corrected chi connectivity index (χ1v) is 9.84. The highest BCUT2D eigenvalue weighted by Crippen LogP contribution is 2.33. The number of H-pyrrole nitrogens is 1. The van der Waals surface area contributed by atoms with Crippen molar-refractivity contribution in [1.29, 1.82) is 0 Å². The van der Waals surface area contributed by atoms with Gasteiger partial charge in [0.1, 0.15) is 0 Å². The second-order valence-electron chi connectivity index (χ2n) is 7.80. The molecule has 1 atom stereocenters. The number of aromatic amines is 1. The van der Waals surface area contributed by atoms with Gasteiger partial charge in [-0.05, 0) is 50.3 Å². The van der Waals surface area contributed by atoms with Crippen molar-refractivity contribution in [2.45, 2.75) is 70.4 Å². The lowest BCUT2D eigenvalue weighted by Crippen LogP contribution is -2.29. The van der Waals surface area contributed by atoms with E-state index in [1.54, 1.807) is 0 Å². The summed E-state index contributed by atoms with van der Waals surface area (Å²) in [5.74, 6) is 0.792. The molecule has 0 aliphatic heterocycles. The molecule has 2 aliphatic rings. The molecule has 0 amide bonds. The lowest BCUT2D eigenvalue weighted by Gasteiger charge is -2.32. The second kappa shape index (κ2) is 7.65. The van der Waals surface area contributed by atoms with Gasteiger partial charge in [0.15, 0.2) is 0 Å². The van der Waals surface area contributed by atoms with Crippen molar-refractivity contribution in [2.75, 3.05) is 7.05 Å². The Morgan fingerprint density at radius 1 is 1.08 bits per heavy atom. The monoisotopic (exact) mass is 339 g/mol. The molecule has 1 fully saturated rings. The van der Waals surface area contributed by atoms with Gasteiger partial charge in [0.2, 0.25) is 0 Å². The highest BCUT2D eigenvalue weighted by Gasteiger charge is 2.26. The number of aromatic nitrogens is 4. The Morgan fingerprint density at radius 3 is 2.80 bits per heavy atom. The highest BCUT2D eigenvalue weighted by atomic mass is 15.3. The summed E-state index contributed by atoms with van der Waals surface area (Å²) in [7, 11) is 2.20. The van der Waals surface area contributed by atoms with E-state index in [-0.39, 0.29) is 0 Å². The Hall–Kier alpha value is -1.75. The van der Waals surface area contributed by atoms with Gasteiger partial charge in [-0.15, -0.1) is 0 Å². The highest BCUT2D eigenvalue weighted by molar-refractivity contribution is 5.25. The van der Waals surface area contributed by atoms with Crippen LogP contribution in [-0.4, -0.2) is 32.3 Å². The Balaban J connectivity index is 1.45. The minimum absolute atomic E-state index is 0.393. The minimum atomic E-state index is 0.393. The Bertz CT molecular complexity index is 689. The zero-order valence-corrected chi connectivity index (χ0v) is 15.2. The van der Waals surface area contributed by atoms with Crippen LogP contribution in [0.1, 0.15) is 73.6 Å². The molecule has 2 aromatic heterocycles. The average Bonchev–Trinajstić information content (AvgIpc) is 3.08. The molecule has 0 bridgehead atoms. The van der Waals surface area contributed by atoms with Gasteiger partial charge < -0.3 is 0 Å². The zero-order chi connectivity index (χ0) is 17.1. The molecule has 5 nitrogen and oxygen atoms in total. The second-order valence-corrected chi connectivity index (χ2v) is 7.80. The molecule has 134 valence electrons. The van der Waals surface area contributed by atoms with Crippen molar-refractivity contribution in [3.63, 3.8) is 0 Å². The molecule has 1 unspecified atom stereocenters. The molecule has 2 heterocycles. The van der Waals surface area contributed by atoms with E-state index < -0.39 is 0 Å². The van der Waals surface area contributed by atoms with Crippen LogP contribution in [0, 0.1) is 5.92 Å². The van der Waals surface area contributed by atoms with E-state index in [1.165, 1.54) is 61.9 Å². The predicted molar refractivity (Wildman–Crippen MR) is 98.0 cm³/mol. The van der Waals surface area contributed by atoms with Gasteiger partial charge in [0, 0.05) is 12.7 Å². The number of nitrogens with one attached hydrogen (secondary N) is 1. The predicted octanol–water partition coefficient (Wildman–Crippen LogP) is 3.83. The molecule has 4 rings (SSSR count). The number of pyridine rings is 1. The van der Waals surface area contributed by atoms with E-state index in [2.05, 4.69) is 44.5 Å². The van der Waals surface area contributed by atoms with Crippen LogP contribution in [0.2, 0.25) is 0 Å². The van der Waals surface area contributed by atoms with Crippen LogP contribution in [0.4, 0.5) is 0 Å². The first-order chi connectivity index (χ1) is 12.3. The number of fused-ring (bicyclic) bond motifs is 1. The molecular formula is C20H29N5. The number of rotatable bonds is 5. The summed E-state index contributed by atoms with van der Waals surface area (Å²) in [5.41, 5.74) is 4.97. The molecule has 2 aliphatic carbocycles. The Morgan fingerprint density at radius 2 is 1.92 bits per heavy atom. The first kappa shape index (κ1) is 16.7. The van der Waals surface area contributed by atoms with E-state index >= 15 is 0 Å². The summed E-state index contributed by atoms with van der Waals surface area (Å²) in [6.07, 6.45) is 13.4. The molecule has 25 heavy (non-hydrogen) atoms. The van der Waals surface area contributed by atoms with E-state index in [0.717, 1.165) is 31.0 Å². The van der Waals surface area contributed by atoms with Crippen LogP contribution in [-0.2, 0) is 19.4 Å². The summed E-state index contributed by atoms with van der Waals surface area (Å²) < 4.78 is 0. The third-order valence-electron chi connectivity index (χ3n) is 6.01. The van der Waals surface area contributed by atoms with Gasteiger partial charge in [-0.25, -0.2) is 0 Å². The molecule has 5 heteroatoms. The largest absolute Gasteiger partial charge is 0.292 e. The number of hydrogen-bond acceptors (Lipinski definition) is 4. The van der Waals surface area contributed by atoms with Gasteiger partial charge in [-0.3, -0.25) is 9.88 Å². The molecule has 1 N–H and O–H groups in total. The average molecular weight is 339 g/mol. The van der Waals surface area contributed by atoms with E-state index in [4.69, 9.17) is 0 Å². The Labute approximate surface area is 150 Å². The molecule has 0 spiro atoms. The summed E-state index contributed by atoms with van der Waals surface area (Å²) >= 11 is 0. The molecule has 0 radical (unpaired) electrons. The van der Waals surface area contributed by atoms with Crippen LogP contribution in [0.15, 0.2) is 18.3 Å². The summed E-state index contributed by atoms with van der Waals surface area (Å²) in [4.78, 5) is 7.09. The molecule has 0 saturated heterocycles. The molecule has 2 aromatic rings. The van der Waals surface area contributed by atoms with Crippen LogP contribution in [0.25, 0.3) is 0 Å². The topological polar surface area (TPSA) is 57.7 Å². The fourth-order valence-electron chi connectivity index (χ4n) is 4.59. The van der Waals surface area contributed by atoms with Crippen molar-refractivity contribution in [1.82, 2.24) is 25.3 Å². The fraction of sp³-hybridized carbons (Fsp3) is 0.650. The van der Waals surface area contributed by atoms with Gasteiger partial charge in [-0.1, -0.05) is 38.2 Å². The smallest absolute Gasteiger partial charge is 0.0996 e.